The summed E-state index contributed by atoms with van der Waals surface area (Å²) in [6.45, 7) is 15.9. The van der Waals surface area contributed by atoms with Gasteiger partial charge in [0.05, 0.1) is 24.2 Å². The molecule has 0 saturated heterocycles. The van der Waals surface area contributed by atoms with Crippen molar-refractivity contribution < 1.29 is 9.47 Å². The quantitative estimate of drug-likeness (QED) is 0.306. The lowest BCUT2D eigenvalue weighted by molar-refractivity contribution is 0.180. The Hall–Kier alpha value is -2.46. The van der Waals surface area contributed by atoms with Crippen LogP contribution in [0.25, 0.3) is 5.57 Å². The first-order chi connectivity index (χ1) is 17.4. The van der Waals surface area contributed by atoms with Crippen molar-refractivity contribution in [3.8, 4) is 5.75 Å². The zero-order valence-electron chi connectivity index (χ0n) is 23.3. The van der Waals surface area contributed by atoms with Crippen LogP contribution in [0.3, 0.4) is 0 Å². The number of hydrogen-bond acceptors (Lipinski definition) is 4. The van der Waals surface area contributed by atoms with E-state index in [-0.39, 0.29) is 12.1 Å². The molecule has 4 heteroatoms. The summed E-state index contributed by atoms with van der Waals surface area (Å²) in [7, 11) is 0. The van der Waals surface area contributed by atoms with Gasteiger partial charge in [0.15, 0.2) is 0 Å². The molecule has 0 fully saturated rings. The third kappa shape index (κ3) is 6.64. The van der Waals surface area contributed by atoms with Crippen LogP contribution in [-0.4, -0.2) is 12.7 Å². The fourth-order valence-corrected chi connectivity index (χ4v) is 5.31. The van der Waals surface area contributed by atoms with Crippen molar-refractivity contribution in [2.45, 2.75) is 110 Å². The normalized spacial score (nSPS) is 20.6. The number of ether oxygens (including phenoxy) is 2. The molecule has 0 bridgehead atoms. The number of nitrogens with one attached hydrogen (secondary N) is 1. The van der Waals surface area contributed by atoms with E-state index in [2.05, 4.69) is 70.8 Å². The van der Waals surface area contributed by atoms with Gasteiger partial charge in [-0.15, -0.1) is 0 Å². The lowest BCUT2D eigenvalue weighted by Gasteiger charge is -2.29. The first kappa shape index (κ1) is 28.1. The summed E-state index contributed by atoms with van der Waals surface area (Å²) >= 11 is 0. The van der Waals surface area contributed by atoms with Gasteiger partial charge in [0.2, 0.25) is 0 Å². The third-order valence-corrected chi connectivity index (χ3v) is 7.51. The van der Waals surface area contributed by atoms with Crippen LogP contribution in [0.4, 0.5) is 5.69 Å². The maximum atomic E-state index is 6.77. The Morgan fingerprint density at radius 3 is 2.64 bits per heavy atom. The molecule has 1 aliphatic heterocycles. The maximum Gasteiger partial charge on any atom is 0.127 e. The highest BCUT2D eigenvalue weighted by Crippen LogP contribution is 2.45. The van der Waals surface area contributed by atoms with Gasteiger partial charge in [-0.05, 0) is 92.0 Å². The van der Waals surface area contributed by atoms with Gasteiger partial charge in [-0.2, -0.15) is 0 Å². The Morgan fingerprint density at radius 2 is 1.97 bits per heavy atom. The highest BCUT2D eigenvalue weighted by atomic mass is 16.5. The smallest absolute Gasteiger partial charge is 0.127 e. The molecule has 3 N–H and O–H groups in total. The predicted molar refractivity (Wildman–Crippen MR) is 154 cm³/mol. The highest BCUT2D eigenvalue weighted by molar-refractivity contribution is 5.85. The molecule has 0 aromatic heterocycles. The molecule has 1 aliphatic carbocycles. The standard InChI is InChI=1S/C32H48N2O2/c1-7-11-17-26(9-3)36-29-21-27(24-15-12-13-18-28-25(20-24)16-14-19-35-28)30(22(5)8-2)32(34-10-4)31(29)23(6)33/h10,12,15,20-23,26,34H,4,7-9,11,13-14,16-19,33H2,1-3,5-6H3/b15-12-,24-20-. The minimum atomic E-state index is -0.175. The fourth-order valence-electron chi connectivity index (χ4n) is 5.31. The van der Waals surface area contributed by atoms with Crippen LogP contribution in [-0.2, 0) is 4.74 Å². The van der Waals surface area contributed by atoms with E-state index in [1.165, 1.54) is 28.7 Å². The molecule has 3 rings (SSSR count). The molecule has 0 spiro atoms. The predicted octanol–water partition coefficient (Wildman–Crippen LogP) is 8.92. The van der Waals surface area contributed by atoms with Crippen LogP contribution >= 0.6 is 0 Å². The van der Waals surface area contributed by atoms with Gasteiger partial charge < -0.3 is 20.5 Å². The molecule has 36 heavy (non-hydrogen) atoms. The van der Waals surface area contributed by atoms with Gasteiger partial charge in [-0.1, -0.05) is 59.3 Å². The summed E-state index contributed by atoms with van der Waals surface area (Å²) in [5, 5.41) is 3.50. The number of rotatable bonds is 12. The molecular weight excluding hydrogens is 444 g/mol. The van der Waals surface area contributed by atoms with Gasteiger partial charge in [0, 0.05) is 18.0 Å². The minimum Gasteiger partial charge on any atom is -0.498 e. The Kier molecular flexibility index (Phi) is 10.7. The number of benzene rings is 1. The fraction of sp³-hybridized carbons (Fsp3) is 0.562. The molecule has 1 aromatic carbocycles. The zero-order chi connectivity index (χ0) is 26.1. The van der Waals surface area contributed by atoms with Crippen molar-refractivity contribution in [2.24, 2.45) is 5.73 Å². The molecule has 3 atom stereocenters. The van der Waals surface area contributed by atoms with E-state index in [4.69, 9.17) is 15.2 Å². The van der Waals surface area contributed by atoms with E-state index in [0.717, 1.165) is 80.7 Å². The number of nitrogens with two attached hydrogens (primary N) is 1. The van der Waals surface area contributed by atoms with Crippen LogP contribution < -0.4 is 15.8 Å². The highest BCUT2D eigenvalue weighted by Gasteiger charge is 2.26. The Bertz CT molecular complexity index is 986. The van der Waals surface area contributed by atoms with Crippen molar-refractivity contribution in [1.82, 2.24) is 0 Å². The first-order valence-electron chi connectivity index (χ1n) is 14.2. The number of hydrogen-bond donors (Lipinski definition) is 2. The summed E-state index contributed by atoms with van der Waals surface area (Å²) < 4.78 is 12.8. The maximum absolute atomic E-state index is 6.77. The van der Waals surface area contributed by atoms with E-state index in [1.807, 2.05) is 0 Å². The molecule has 198 valence electrons. The molecule has 3 unspecified atom stereocenters. The van der Waals surface area contributed by atoms with Gasteiger partial charge in [-0.3, -0.25) is 0 Å². The van der Waals surface area contributed by atoms with Crippen LogP contribution in [0.15, 0.2) is 48.4 Å². The number of anilines is 1. The summed E-state index contributed by atoms with van der Waals surface area (Å²) in [6, 6.07) is 2.09. The monoisotopic (exact) mass is 492 g/mol. The third-order valence-electron chi connectivity index (χ3n) is 7.51. The second kappa shape index (κ2) is 13.7. The van der Waals surface area contributed by atoms with E-state index < -0.39 is 0 Å². The van der Waals surface area contributed by atoms with Crippen molar-refractivity contribution >= 4 is 11.3 Å². The second-order valence-corrected chi connectivity index (χ2v) is 10.3. The van der Waals surface area contributed by atoms with Crippen molar-refractivity contribution in [1.29, 1.82) is 0 Å². The molecule has 4 nitrogen and oxygen atoms in total. The molecule has 0 radical (unpaired) electrons. The Labute approximate surface area is 219 Å². The van der Waals surface area contributed by atoms with Gasteiger partial charge in [0.25, 0.3) is 0 Å². The van der Waals surface area contributed by atoms with Gasteiger partial charge in [-0.25, -0.2) is 0 Å². The second-order valence-electron chi connectivity index (χ2n) is 10.3. The van der Waals surface area contributed by atoms with Gasteiger partial charge >= 0.3 is 0 Å². The molecule has 0 saturated carbocycles. The number of unbranched alkanes of at least 4 members (excludes halogenated alkanes) is 1. The molecule has 0 amide bonds. The van der Waals surface area contributed by atoms with Crippen molar-refractivity contribution in [3.05, 3.63) is 65.1 Å². The van der Waals surface area contributed by atoms with Gasteiger partial charge in [0.1, 0.15) is 5.75 Å². The van der Waals surface area contributed by atoms with E-state index in [1.54, 1.807) is 6.20 Å². The first-order valence-corrected chi connectivity index (χ1v) is 14.2. The average Bonchev–Trinajstić information content (AvgIpc) is 2.86. The molecule has 1 aromatic rings. The Balaban J connectivity index is 2.29. The lowest BCUT2D eigenvalue weighted by Crippen LogP contribution is -2.20. The lowest BCUT2D eigenvalue weighted by atomic mass is 9.83. The van der Waals surface area contributed by atoms with Crippen LogP contribution in [0, 0.1) is 0 Å². The number of allylic oxidation sites excluding steroid dienone is 6. The van der Waals surface area contributed by atoms with Crippen molar-refractivity contribution in [2.75, 3.05) is 11.9 Å². The van der Waals surface area contributed by atoms with Crippen molar-refractivity contribution in [3.63, 3.8) is 0 Å². The van der Waals surface area contributed by atoms with E-state index in [0.29, 0.717) is 5.92 Å². The van der Waals surface area contributed by atoms with Crippen LogP contribution in [0.1, 0.15) is 121 Å². The average molecular weight is 493 g/mol. The summed E-state index contributed by atoms with van der Waals surface area (Å²) in [4.78, 5) is 0. The summed E-state index contributed by atoms with van der Waals surface area (Å²) in [5.74, 6) is 2.39. The SMILES string of the molecule is C=CNc1c(C(C)N)c(OC(CC)CCCC)cc(C2=C\C3=C(CC/C=C\2)OCCC3)c1C(C)CC. The molecular formula is C32H48N2O2. The largest absolute Gasteiger partial charge is 0.498 e. The summed E-state index contributed by atoms with van der Waals surface area (Å²) in [5.41, 5.74) is 13.8. The van der Waals surface area contributed by atoms with Crippen LogP contribution in [0.2, 0.25) is 0 Å². The van der Waals surface area contributed by atoms with E-state index in [9.17, 15) is 0 Å². The molecule has 1 heterocycles. The minimum absolute atomic E-state index is 0.171. The Morgan fingerprint density at radius 1 is 1.17 bits per heavy atom. The van der Waals surface area contributed by atoms with Crippen LogP contribution in [0.5, 0.6) is 5.75 Å². The van der Waals surface area contributed by atoms with E-state index >= 15 is 0 Å². The molecule has 2 aliphatic rings. The summed E-state index contributed by atoms with van der Waals surface area (Å²) in [6.07, 6.45) is 18.4. The topological polar surface area (TPSA) is 56.5 Å². The zero-order valence-corrected chi connectivity index (χ0v) is 23.3.